The molecule has 4 nitrogen and oxygen atoms in total. The van der Waals surface area contributed by atoms with E-state index >= 15 is 0 Å². The van der Waals surface area contributed by atoms with Crippen molar-refractivity contribution in [2.75, 3.05) is 13.1 Å². The number of amides is 1. The highest BCUT2D eigenvalue weighted by atomic mass is 35.5. The predicted octanol–water partition coefficient (Wildman–Crippen LogP) is 2.00. The van der Waals surface area contributed by atoms with Crippen LogP contribution in [0.1, 0.15) is 29.6 Å². The molecule has 2 rings (SSSR count). The van der Waals surface area contributed by atoms with E-state index in [1.165, 1.54) is 6.42 Å². The summed E-state index contributed by atoms with van der Waals surface area (Å²) in [5.41, 5.74) is 2.77. The van der Waals surface area contributed by atoms with E-state index in [0.29, 0.717) is 0 Å². The fraction of sp³-hybridized carbons (Fsp3) is 0.455. The van der Waals surface area contributed by atoms with Crippen molar-refractivity contribution in [2.24, 2.45) is 0 Å². The highest BCUT2D eigenvalue weighted by molar-refractivity contribution is 6.32. The summed E-state index contributed by atoms with van der Waals surface area (Å²) in [7, 11) is 0. The van der Waals surface area contributed by atoms with Crippen LogP contribution in [0.3, 0.4) is 0 Å². The number of hydrogen-bond acceptors (Lipinski definition) is 3. The van der Waals surface area contributed by atoms with Gasteiger partial charge in [-0.2, -0.15) is 0 Å². The second-order valence-electron chi connectivity index (χ2n) is 3.98. The Labute approximate surface area is 104 Å². The molecule has 1 aliphatic heterocycles. The number of piperidine rings is 1. The zero-order valence-corrected chi connectivity index (χ0v) is 10.0. The molecule has 92 valence electrons. The van der Waals surface area contributed by atoms with E-state index in [-0.39, 0.29) is 10.7 Å². The van der Waals surface area contributed by atoms with Gasteiger partial charge in [-0.25, -0.2) is 14.4 Å². The molecule has 1 aromatic heterocycles. The minimum absolute atomic E-state index is 0.0147. The van der Waals surface area contributed by atoms with Gasteiger partial charge < -0.3 is 0 Å². The van der Waals surface area contributed by atoms with Gasteiger partial charge in [0.15, 0.2) is 0 Å². The monoisotopic (exact) mass is 257 g/mol. The number of nitrogens with one attached hydrogen (secondary N) is 1. The van der Waals surface area contributed by atoms with Crippen LogP contribution >= 0.6 is 11.6 Å². The van der Waals surface area contributed by atoms with E-state index in [1.807, 2.05) is 5.01 Å². The van der Waals surface area contributed by atoms with Gasteiger partial charge in [0, 0.05) is 13.1 Å². The van der Waals surface area contributed by atoms with Crippen molar-refractivity contribution in [3.05, 3.63) is 28.8 Å². The summed E-state index contributed by atoms with van der Waals surface area (Å²) < 4.78 is 13.0. The normalized spacial score (nSPS) is 16.8. The van der Waals surface area contributed by atoms with E-state index in [9.17, 15) is 9.18 Å². The molecule has 1 N–H and O–H groups in total. The summed E-state index contributed by atoms with van der Waals surface area (Å²) in [5.74, 6) is -0.984. The van der Waals surface area contributed by atoms with Crippen LogP contribution in [0.15, 0.2) is 12.3 Å². The van der Waals surface area contributed by atoms with Gasteiger partial charge in [-0.1, -0.05) is 18.0 Å². The first-order valence-corrected chi connectivity index (χ1v) is 5.91. The molecular formula is C11H13ClFN3O. The Balaban J connectivity index is 2.05. The maximum Gasteiger partial charge on any atom is 0.268 e. The first-order valence-electron chi connectivity index (χ1n) is 5.54. The van der Waals surface area contributed by atoms with Crippen molar-refractivity contribution >= 4 is 17.5 Å². The lowest BCUT2D eigenvalue weighted by atomic mass is 10.2. The van der Waals surface area contributed by atoms with Crippen LogP contribution in [-0.4, -0.2) is 29.0 Å². The van der Waals surface area contributed by atoms with Gasteiger partial charge in [0.2, 0.25) is 0 Å². The van der Waals surface area contributed by atoms with Crippen molar-refractivity contribution < 1.29 is 9.18 Å². The number of carbonyl (C=O) groups is 1. The van der Waals surface area contributed by atoms with Gasteiger partial charge in [-0.3, -0.25) is 10.2 Å². The summed E-state index contributed by atoms with van der Waals surface area (Å²) in [6.45, 7) is 1.62. The number of hydrazine groups is 1. The highest BCUT2D eigenvalue weighted by Crippen LogP contribution is 2.14. The first-order chi connectivity index (χ1) is 8.16. The zero-order chi connectivity index (χ0) is 12.3. The summed E-state index contributed by atoms with van der Waals surface area (Å²) >= 11 is 5.75. The largest absolute Gasteiger partial charge is 0.285 e. The molecule has 0 radical (unpaired) electrons. The van der Waals surface area contributed by atoms with E-state index in [4.69, 9.17) is 11.6 Å². The Kier molecular flexibility index (Phi) is 3.91. The lowest BCUT2D eigenvalue weighted by Gasteiger charge is -2.26. The molecule has 2 heterocycles. The molecule has 0 unspecified atom stereocenters. The Bertz CT molecular complexity index is 421. The van der Waals surface area contributed by atoms with Crippen molar-refractivity contribution in [3.63, 3.8) is 0 Å². The average molecular weight is 258 g/mol. The standard InChI is InChI=1S/C11H13ClFN3O/c12-10-9(6-8(13)7-14-10)11(17)15-16-4-2-1-3-5-16/h6-7H,1-5H2,(H,15,17). The number of rotatable bonds is 2. The van der Waals surface area contributed by atoms with Gasteiger partial charge in [0.05, 0.1) is 11.8 Å². The minimum atomic E-state index is -0.571. The predicted molar refractivity (Wildman–Crippen MR) is 62.1 cm³/mol. The van der Waals surface area contributed by atoms with Crippen LogP contribution in [0, 0.1) is 5.82 Å². The Morgan fingerprint density at radius 3 is 2.82 bits per heavy atom. The highest BCUT2D eigenvalue weighted by Gasteiger charge is 2.17. The third kappa shape index (κ3) is 3.14. The van der Waals surface area contributed by atoms with Gasteiger partial charge in [0.1, 0.15) is 11.0 Å². The van der Waals surface area contributed by atoms with Crippen LogP contribution in [0.4, 0.5) is 4.39 Å². The van der Waals surface area contributed by atoms with Crippen LogP contribution in [-0.2, 0) is 0 Å². The molecule has 6 heteroatoms. The SMILES string of the molecule is O=C(NN1CCCCC1)c1cc(F)cnc1Cl. The lowest BCUT2D eigenvalue weighted by Crippen LogP contribution is -2.45. The number of hydrogen-bond donors (Lipinski definition) is 1. The minimum Gasteiger partial charge on any atom is -0.285 e. The Morgan fingerprint density at radius 1 is 1.41 bits per heavy atom. The summed E-state index contributed by atoms with van der Waals surface area (Å²) in [6.07, 6.45) is 4.26. The van der Waals surface area contributed by atoms with Crippen LogP contribution < -0.4 is 5.43 Å². The average Bonchev–Trinajstić information content (AvgIpc) is 2.33. The third-order valence-electron chi connectivity index (χ3n) is 2.67. The molecule has 1 aliphatic rings. The van der Waals surface area contributed by atoms with Crippen LogP contribution in [0.2, 0.25) is 5.15 Å². The van der Waals surface area contributed by atoms with Gasteiger partial charge in [-0.05, 0) is 18.9 Å². The summed E-state index contributed by atoms with van der Waals surface area (Å²) in [6, 6.07) is 1.09. The smallest absolute Gasteiger partial charge is 0.268 e. The van der Waals surface area contributed by atoms with E-state index in [0.717, 1.165) is 38.2 Å². The fourth-order valence-electron chi connectivity index (χ4n) is 1.79. The van der Waals surface area contributed by atoms with Crippen molar-refractivity contribution in [2.45, 2.75) is 19.3 Å². The van der Waals surface area contributed by atoms with E-state index < -0.39 is 11.7 Å². The van der Waals surface area contributed by atoms with Gasteiger partial charge >= 0.3 is 0 Å². The van der Waals surface area contributed by atoms with Gasteiger partial charge in [-0.15, -0.1) is 0 Å². The van der Waals surface area contributed by atoms with Crippen molar-refractivity contribution in [3.8, 4) is 0 Å². The quantitative estimate of drug-likeness (QED) is 0.825. The Morgan fingerprint density at radius 2 is 2.12 bits per heavy atom. The second kappa shape index (κ2) is 5.42. The topological polar surface area (TPSA) is 45.2 Å². The molecule has 1 fully saturated rings. The number of aromatic nitrogens is 1. The number of halogens is 2. The molecule has 17 heavy (non-hydrogen) atoms. The van der Waals surface area contributed by atoms with Crippen LogP contribution in [0.5, 0.6) is 0 Å². The molecular weight excluding hydrogens is 245 g/mol. The third-order valence-corrected chi connectivity index (χ3v) is 2.97. The molecule has 0 spiro atoms. The number of nitrogens with zero attached hydrogens (tertiary/aromatic N) is 2. The molecule has 1 amide bonds. The zero-order valence-electron chi connectivity index (χ0n) is 9.25. The fourth-order valence-corrected chi connectivity index (χ4v) is 1.98. The molecule has 0 atom stereocenters. The molecule has 0 bridgehead atoms. The summed E-state index contributed by atoms with van der Waals surface area (Å²) in [5, 5.41) is 1.84. The molecule has 1 aromatic rings. The summed E-state index contributed by atoms with van der Waals surface area (Å²) in [4.78, 5) is 15.4. The van der Waals surface area contributed by atoms with Crippen LogP contribution in [0.25, 0.3) is 0 Å². The van der Waals surface area contributed by atoms with Gasteiger partial charge in [0.25, 0.3) is 5.91 Å². The maximum atomic E-state index is 13.0. The molecule has 0 aromatic carbocycles. The maximum absolute atomic E-state index is 13.0. The van der Waals surface area contributed by atoms with Crippen molar-refractivity contribution in [1.82, 2.24) is 15.4 Å². The molecule has 0 saturated carbocycles. The Hall–Kier alpha value is -1.20. The second-order valence-corrected chi connectivity index (χ2v) is 4.34. The van der Waals surface area contributed by atoms with E-state index in [2.05, 4.69) is 10.4 Å². The molecule has 1 saturated heterocycles. The lowest BCUT2D eigenvalue weighted by molar-refractivity contribution is 0.0749. The van der Waals surface area contributed by atoms with Crippen molar-refractivity contribution in [1.29, 1.82) is 0 Å². The molecule has 0 aliphatic carbocycles. The van der Waals surface area contributed by atoms with E-state index in [1.54, 1.807) is 0 Å². The first kappa shape index (κ1) is 12.3. The number of pyridine rings is 1. The number of carbonyl (C=O) groups excluding carboxylic acids is 1.